The zero-order chi connectivity index (χ0) is 25.6. The number of nitrogens with zero attached hydrogens (tertiary/aromatic N) is 1. The van der Waals surface area contributed by atoms with Gasteiger partial charge in [0.25, 0.3) is 5.91 Å². The maximum atomic E-state index is 13.4. The topological polar surface area (TPSA) is 94.6 Å². The highest BCUT2D eigenvalue weighted by Gasteiger charge is 2.30. The normalized spacial score (nSPS) is 15.3. The summed E-state index contributed by atoms with van der Waals surface area (Å²) in [5, 5.41) is 2.83. The molecule has 0 saturated carbocycles. The molecule has 1 atom stereocenters. The molecule has 36 heavy (non-hydrogen) atoms. The quantitative estimate of drug-likeness (QED) is 0.271. The Balaban J connectivity index is 1.40. The number of halogens is 3. The standard InChI is InChI=1S/C24H17Cl2FN2O5S2/c1-36(31,32)21-4-5-33-18-11-19-12(6-15(18)21)7-20(35-19)24(30)28-13-8-22(26)29-23(9-13)34-14-2-3-17(27)16(25)10-14/h2-3,6-11,21H,4-5H2,1H3,(H,28,29,30). The van der Waals surface area contributed by atoms with Gasteiger partial charge < -0.3 is 14.8 Å². The molecule has 1 aliphatic rings. The average Bonchev–Trinajstić information content (AvgIpc) is 3.21. The minimum atomic E-state index is -3.31. The van der Waals surface area contributed by atoms with Crippen LogP contribution in [-0.4, -0.2) is 32.2 Å². The molecule has 0 bridgehead atoms. The van der Waals surface area contributed by atoms with Gasteiger partial charge in [-0.2, -0.15) is 0 Å². The Bertz CT molecular complexity index is 1620. The largest absolute Gasteiger partial charge is 0.493 e. The fraction of sp³-hybridized carbons (Fsp3) is 0.167. The van der Waals surface area contributed by atoms with Crippen molar-refractivity contribution in [2.24, 2.45) is 0 Å². The Labute approximate surface area is 219 Å². The van der Waals surface area contributed by atoms with E-state index in [-0.39, 0.29) is 21.8 Å². The van der Waals surface area contributed by atoms with Crippen LogP contribution in [0, 0.1) is 5.82 Å². The summed E-state index contributed by atoms with van der Waals surface area (Å²) in [6.45, 7) is 0.312. The number of benzene rings is 2. The zero-order valence-corrected chi connectivity index (χ0v) is 21.7. The van der Waals surface area contributed by atoms with Gasteiger partial charge in [0.2, 0.25) is 5.88 Å². The number of carbonyl (C=O) groups excluding carboxylic acids is 1. The van der Waals surface area contributed by atoms with Crippen molar-refractivity contribution in [3.63, 3.8) is 0 Å². The van der Waals surface area contributed by atoms with E-state index in [2.05, 4.69) is 10.3 Å². The number of sulfone groups is 1. The van der Waals surface area contributed by atoms with Crippen LogP contribution in [0.1, 0.15) is 26.9 Å². The van der Waals surface area contributed by atoms with Crippen LogP contribution in [0.25, 0.3) is 10.1 Å². The molecule has 1 aliphatic heterocycles. The van der Waals surface area contributed by atoms with Gasteiger partial charge >= 0.3 is 0 Å². The molecular formula is C24H17Cl2FN2O5S2. The molecule has 3 heterocycles. The van der Waals surface area contributed by atoms with Crippen LogP contribution in [0.5, 0.6) is 17.4 Å². The molecule has 7 nitrogen and oxygen atoms in total. The van der Waals surface area contributed by atoms with Crippen molar-refractivity contribution >= 4 is 66.1 Å². The number of fused-ring (bicyclic) bond motifs is 2. The van der Waals surface area contributed by atoms with Gasteiger partial charge in [-0.05, 0) is 41.8 Å². The summed E-state index contributed by atoms with van der Waals surface area (Å²) in [4.78, 5) is 17.5. The maximum Gasteiger partial charge on any atom is 0.265 e. The molecule has 1 unspecified atom stereocenters. The zero-order valence-electron chi connectivity index (χ0n) is 18.5. The Morgan fingerprint density at radius 3 is 2.75 bits per heavy atom. The van der Waals surface area contributed by atoms with Crippen molar-refractivity contribution < 1.29 is 27.1 Å². The molecule has 0 aliphatic carbocycles. The second-order valence-electron chi connectivity index (χ2n) is 8.14. The van der Waals surface area contributed by atoms with E-state index in [1.165, 1.54) is 41.9 Å². The lowest BCUT2D eigenvalue weighted by molar-refractivity contribution is 0.103. The predicted octanol–water partition coefficient (Wildman–Crippen LogP) is 6.66. The number of rotatable bonds is 5. The molecule has 0 saturated heterocycles. The minimum absolute atomic E-state index is 0.0731. The smallest absolute Gasteiger partial charge is 0.265 e. The molecule has 1 N–H and O–H groups in total. The van der Waals surface area contributed by atoms with Gasteiger partial charge in [0, 0.05) is 40.8 Å². The first-order chi connectivity index (χ1) is 17.1. The van der Waals surface area contributed by atoms with Crippen molar-refractivity contribution in [2.75, 3.05) is 18.2 Å². The van der Waals surface area contributed by atoms with E-state index in [9.17, 15) is 17.6 Å². The van der Waals surface area contributed by atoms with E-state index < -0.39 is 26.8 Å². The number of hydrogen-bond donors (Lipinski definition) is 1. The molecule has 0 fully saturated rings. The van der Waals surface area contributed by atoms with Crippen LogP contribution in [0.15, 0.2) is 48.5 Å². The Morgan fingerprint density at radius 1 is 1.19 bits per heavy atom. The fourth-order valence-electron chi connectivity index (χ4n) is 3.90. The number of anilines is 1. The Morgan fingerprint density at radius 2 is 2.00 bits per heavy atom. The van der Waals surface area contributed by atoms with Gasteiger partial charge in [0.05, 0.1) is 21.8 Å². The minimum Gasteiger partial charge on any atom is -0.493 e. The highest BCUT2D eigenvalue weighted by atomic mass is 35.5. The van der Waals surface area contributed by atoms with E-state index in [0.29, 0.717) is 34.9 Å². The van der Waals surface area contributed by atoms with E-state index >= 15 is 0 Å². The van der Waals surface area contributed by atoms with Gasteiger partial charge in [0.15, 0.2) is 9.84 Å². The van der Waals surface area contributed by atoms with Crippen LogP contribution in [0.4, 0.5) is 10.1 Å². The molecule has 1 amide bonds. The number of carbonyl (C=O) groups is 1. The van der Waals surface area contributed by atoms with E-state index in [4.69, 9.17) is 32.7 Å². The molecule has 0 radical (unpaired) electrons. The summed E-state index contributed by atoms with van der Waals surface area (Å²) in [7, 11) is -3.31. The fourth-order valence-corrected chi connectivity index (χ4v) is 6.41. The average molecular weight is 567 g/mol. The van der Waals surface area contributed by atoms with Crippen molar-refractivity contribution in [3.8, 4) is 17.4 Å². The molecule has 2 aromatic carbocycles. The molecule has 0 spiro atoms. The van der Waals surface area contributed by atoms with Crippen LogP contribution in [0.3, 0.4) is 0 Å². The number of amides is 1. The summed E-state index contributed by atoms with van der Waals surface area (Å²) in [5.41, 5.74) is 0.935. The lowest BCUT2D eigenvalue weighted by Crippen LogP contribution is -2.20. The third-order valence-electron chi connectivity index (χ3n) is 5.52. The van der Waals surface area contributed by atoms with Crippen LogP contribution >= 0.6 is 34.5 Å². The SMILES string of the molecule is CS(=O)(=O)C1CCOc2cc3sc(C(=O)Nc4cc(Cl)nc(Oc5ccc(F)c(Cl)c5)c4)cc3cc21. The van der Waals surface area contributed by atoms with E-state index in [1.807, 2.05) is 0 Å². The van der Waals surface area contributed by atoms with Gasteiger partial charge in [0.1, 0.15) is 22.5 Å². The number of hydrogen-bond acceptors (Lipinski definition) is 7. The first-order valence-corrected chi connectivity index (χ1v) is 14.1. The van der Waals surface area contributed by atoms with Gasteiger partial charge in [-0.1, -0.05) is 23.2 Å². The summed E-state index contributed by atoms with van der Waals surface area (Å²) in [6, 6.07) is 12.0. The van der Waals surface area contributed by atoms with Crippen molar-refractivity contribution in [1.82, 2.24) is 4.98 Å². The summed E-state index contributed by atoms with van der Waals surface area (Å²) in [6.07, 6.45) is 1.60. The number of aromatic nitrogens is 1. The second kappa shape index (κ2) is 9.51. The number of ether oxygens (including phenoxy) is 2. The monoisotopic (exact) mass is 566 g/mol. The van der Waals surface area contributed by atoms with Crippen molar-refractivity contribution in [1.29, 1.82) is 0 Å². The molecule has 186 valence electrons. The maximum absolute atomic E-state index is 13.4. The Kier molecular flexibility index (Phi) is 6.54. The third kappa shape index (κ3) is 5.12. The number of nitrogens with one attached hydrogen (secondary N) is 1. The molecular weight excluding hydrogens is 550 g/mol. The van der Waals surface area contributed by atoms with Crippen molar-refractivity contribution in [2.45, 2.75) is 11.7 Å². The highest BCUT2D eigenvalue weighted by molar-refractivity contribution is 7.90. The lowest BCUT2D eigenvalue weighted by atomic mass is 10.0. The van der Waals surface area contributed by atoms with Crippen LogP contribution < -0.4 is 14.8 Å². The summed E-state index contributed by atoms with van der Waals surface area (Å²) in [5.74, 6) is -0.141. The molecule has 4 aromatic rings. The molecule has 5 rings (SSSR count). The number of pyridine rings is 1. The number of thiophene rings is 1. The molecule has 2 aromatic heterocycles. The van der Waals surface area contributed by atoms with Crippen molar-refractivity contribution in [3.05, 3.63) is 75.0 Å². The summed E-state index contributed by atoms with van der Waals surface area (Å²) < 4.78 is 50.0. The van der Waals surface area contributed by atoms with E-state index in [0.717, 1.165) is 16.2 Å². The first-order valence-electron chi connectivity index (χ1n) is 10.6. The van der Waals surface area contributed by atoms with Crippen LogP contribution in [0.2, 0.25) is 10.2 Å². The highest BCUT2D eigenvalue weighted by Crippen LogP contribution is 2.41. The van der Waals surface area contributed by atoms with E-state index in [1.54, 1.807) is 18.2 Å². The first kappa shape index (κ1) is 24.8. The second-order valence-corrected chi connectivity index (χ2v) is 12.2. The van der Waals surface area contributed by atoms with Crippen LogP contribution in [-0.2, 0) is 9.84 Å². The van der Waals surface area contributed by atoms with Gasteiger partial charge in [-0.25, -0.2) is 17.8 Å². The summed E-state index contributed by atoms with van der Waals surface area (Å²) >= 11 is 13.1. The third-order valence-corrected chi connectivity index (χ3v) is 8.62. The Hall–Kier alpha value is -2.92. The van der Waals surface area contributed by atoms with Gasteiger partial charge in [-0.3, -0.25) is 4.79 Å². The van der Waals surface area contributed by atoms with Gasteiger partial charge in [-0.15, -0.1) is 11.3 Å². The lowest BCUT2D eigenvalue weighted by Gasteiger charge is -2.24. The molecule has 12 heteroatoms. The predicted molar refractivity (Wildman–Crippen MR) is 138 cm³/mol.